The van der Waals surface area contributed by atoms with Crippen molar-refractivity contribution in [3.8, 4) is 17.2 Å². The number of amides is 1. The summed E-state index contributed by atoms with van der Waals surface area (Å²) >= 11 is 1.04. The number of aliphatic hydroxyl groups excluding tert-OH is 1. The maximum atomic E-state index is 13.5. The summed E-state index contributed by atoms with van der Waals surface area (Å²) in [6.07, 6.45) is 0.860. The Labute approximate surface area is 236 Å². The lowest BCUT2D eigenvalue weighted by Crippen LogP contribution is -2.29. The monoisotopic (exact) mass is 562 g/mol. The Bertz CT molecular complexity index is 1520. The van der Waals surface area contributed by atoms with Gasteiger partial charge in [0.15, 0.2) is 22.4 Å². The average Bonchev–Trinajstić information content (AvgIpc) is 3.44. The fourth-order valence-corrected chi connectivity index (χ4v) is 5.68. The summed E-state index contributed by atoms with van der Waals surface area (Å²) in [5.41, 5.74) is 1.22. The number of hydrogen-bond donors (Lipinski definition) is 1. The van der Waals surface area contributed by atoms with Crippen LogP contribution in [-0.4, -0.2) is 47.4 Å². The maximum Gasteiger partial charge on any atom is 0.301 e. The number of aliphatic hydroxyl groups is 1. The number of hydrogen-bond acceptors (Lipinski definition) is 9. The van der Waals surface area contributed by atoms with Crippen molar-refractivity contribution in [1.29, 1.82) is 0 Å². The average molecular weight is 563 g/mol. The molecule has 2 aliphatic rings. The summed E-state index contributed by atoms with van der Waals surface area (Å²) < 4.78 is 17.2. The van der Waals surface area contributed by atoms with Gasteiger partial charge in [0.05, 0.1) is 28.8 Å². The van der Waals surface area contributed by atoms with Crippen LogP contribution in [-0.2, 0) is 9.59 Å². The number of Topliss-reactive ketones (excluding diaryl/α,β-unsaturated/α-hetero) is 2. The van der Waals surface area contributed by atoms with E-state index in [0.29, 0.717) is 64.7 Å². The van der Waals surface area contributed by atoms with Gasteiger partial charge in [-0.15, -0.1) is 0 Å². The zero-order chi connectivity index (χ0) is 28.6. The SMILES string of the molecule is CC(=O)c1sc(N2C(=O)C(=O)/C(=C(\O)c3ccc4c(c3)OCCO4)C2c2cccc(OCCC(C)C)c2)nc1C. The highest BCUT2D eigenvalue weighted by Crippen LogP contribution is 2.45. The fraction of sp³-hybridized carbons (Fsp3) is 0.333. The summed E-state index contributed by atoms with van der Waals surface area (Å²) in [5.74, 6) is -0.253. The molecule has 0 saturated carbocycles. The van der Waals surface area contributed by atoms with E-state index in [1.807, 2.05) is 0 Å². The Morgan fingerprint density at radius 2 is 1.90 bits per heavy atom. The first-order valence-corrected chi connectivity index (χ1v) is 13.9. The highest BCUT2D eigenvalue weighted by Gasteiger charge is 2.48. The number of thiazole rings is 1. The second kappa shape index (κ2) is 11.1. The Morgan fingerprint density at radius 3 is 2.60 bits per heavy atom. The molecule has 9 nitrogen and oxygen atoms in total. The molecule has 3 heterocycles. The maximum absolute atomic E-state index is 13.5. The van der Waals surface area contributed by atoms with Gasteiger partial charge in [-0.25, -0.2) is 4.98 Å². The van der Waals surface area contributed by atoms with E-state index in [0.717, 1.165) is 17.8 Å². The molecule has 1 atom stereocenters. The van der Waals surface area contributed by atoms with Crippen molar-refractivity contribution in [1.82, 2.24) is 4.98 Å². The van der Waals surface area contributed by atoms with Gasteiger partial charge in [-0.1, -0.05) is 37.3 Å². The van der Waals surface area contributed by atoms with Crippen molar-refractivity contribution >= 4 is 39.7 Å². The van der Waals surface area contributed by atoms with Crippen LogP contribution in [0.25, 0.3) is 5.76 Å². The number of carbonyl (C=O) groups is 3. The van der Waals surface area contributed by atoms with E-state index in [4.69, 9.17) is 14.2 Å². The molecule has 40 heavy (non-hydrogen) atoms. The van der Waals surface area contributed by atoms with Crippen LogP contribution in [0.5, 0.6) is 17.2 Å². The summed E-state index contributed by atoms with van der Waals surface area (Å²) in [6.45, 7) is 8.59. The van der Waals surface area contributed by atoms with Crippen LogP contribution < -0.4 is 19.1 Å². The minimum atomic E-state index is -1.01. The number of fused-ring (bicyclic) bond motifs is 1. The lowest BCUT2D eigenvalue weighted by molar-refractivity contribution is -0.132. The molecule has 10 heteroatoms. The van der Waals surface area contributed by atoms with Gasteiger partial charge in [0, 0.05) is 12.5 Å². The quantitative estimate of drug-likeness (QED) is 0.166. The molecule has 2 aromatic carbocycles. The molecule has 1 fully saturated rings. The fourth-order valence-electron chi connectivity index (χ4n) is 4.69. The van der Waals surface area contributed by atoms with E-state index in [-0.39, 0.29) is 22.2 Å². The molecular formula is C30H30N2O7S. The Morgan fingerprint density at radius 1 is 1.15 bits per heavy atom. The number of aryl methyl sites for hydroxylation is 1. The topological polar surface area (TPSA) is 115 Å². The normalized spacial score (nSPS) is 17.9. The van der Waals surface area contributed by atoms with E-state index >= 15 is 0 Å². The molecule has 208 valence electrons. The van der Waals surface area contributed by atoms with Crippen molar-refractivity contribution in [3.05, 3.63) is 69.7 Å². The second-order valence-electron chi connectivity index (χ2n) is 10.1. The van der Waals surface area contributed by atoms with Crippen LogP contribution in [0.4, 0.5) is 5.13 Å². The molecule has 1 amide bonds. The van der Waals surface area contributed by atoms with Gasteiger partial charge >= 0.3 is 5.91 Å². The zero-order valence-corrected chi connectivity index (χ0v) is 23.5. The zero-order valence-electron chi connectivity index (χ0n) is 22.7. The highest BCUT2D eigenvalue weighted by molar-refractivity contribution is 7.18. The van der Waals surface area contributed by atoms with Crippen molar-refractivity contribution in [3.63, 3.8) is 0 Å². The molecule has 1 saturated heterocycles. The van der Waals surface area contributed by atoms with Gasteiger partial charge in [0.25, 0.3) is 5.78 Å². The van der Waals surface area contributed by atoms with Crippen molar-refractivity contribution in [2.75, 3.05) is 24.7 Å². The number of ketones is 2. The third-order valence-corrected chi connectivity index (χ3v) is 7.97. The first-order valence-electron chi connectivity index (χ1n) is 13.1. The summed E-state index contributed by atoms with van der Waals surface area (Å²) in [4.78, 5) is 45.4. The predicted octanol–water partition coefficient (Wildman–Crippen LogP) is 5.48. The number of benzene rings is 2. The van der Waals surface area contributed by atoms with Crippen LogP contribution >= 0.6 is 11.3 Å². The molecule has 1 aromatic heterocycles. The molecule has 1 N–H and O–H groups in total. The number of anilines is 1. The molecule has 1 unspecified atom stereocenters. The van der Waals surface area contributed by atoms with E-state index in [9.17, 15) is 19.5 Å². The van der Waals surface area contributed by atoms with E-state index in [1.54, 1.807) is 49.4 Å². The first-order chi connectivity index (χ1) is 19.2. The van der Waals surface area contributed by atoms with Gasteiger partial charge in [-0.3, -0.25) is 19.3 Å². The van der Waals surface area contributed by atoms with Gasteiger partial charge in [-0.05, 0) is 55.2 Å². The molecule has 5 rings (SSSR count). The largest absolute Gasteiger partial charge is 0.507 e. The minimum Gasteiger partial charge on any atom is -0.507 e. The van der Waals surface area contributed by atoms with Crippen LogP contribution in [0.1, 0.15) is 59.7 Å². The van der Waals surface area contributed by atoms with Gasteiger partial charge in [0.2, 0.25) is 0 Å². The van der Waals surface area contributed by atoms with Gasteiger partial charge in [0.1, 0.15) is 24.7 Å². The number of rotatable bonds is 8. The van der Waals surface area contributed by atoms with Crippen LogP contribution in [0.3, 0.4) is 0 Å². The summed E-state index contributed by atoms with van der Waals surface area (Å²) in [7, 11) is 0. The molecule has 3 aromatic rings. The van der Waals surface area contributed by atoms with Crippen LogP contribution in [0.2, 0.25) is 0 Å². The lowest BCUT2D eigenvalue weighted by atomic mass is 9.95. The first kappa shape index (κ1) is 27.4. The van der Waals surface area contributed by atoms with Crippen molar-refractivity contribution in [2.24, 2.45) is 5.92 Å². The standard InChI is InChI=1S/C30H30N2O7S/c1-16(2)10-11-37-21-7-5-6-19(14-21)25-24(26(34)20-8-9-22-23(15-20)39-13-12-38-22)27(35)29(36)32(25)30-31-17(3)28(40-30)18(4)33/h5-9,14-16,25,34H,10-13H2,1-4H3/b26-24-. The van der Waals surface area contributed by atoms with E-state index in [1.165, 1.54) is 11.8 Å². The third-order valence-electron chi connectivity index (χ3n) is 6.71. The number of carbonyl (C=O) groups excluding carboxylic acids is 3. The Hall–Kier alpha value is -4.18. The molecule has 0 aliphatic carbocycles. The molecule has 0 radical (unpaired) electrons. The number of nitrogens with zero attached hydrogens (tertiary/aromatic N) is 2. The van der Waals surface area contributed by atoms with E-state index < -0.39 is 17.7 Å². The van der Waals surface area contributed by atoms with Crippen molar-refractivity contribution < 1.29 is 33.7 Å². The molecule has 0 bridgehead atoms. The summed E-state index contributed by atoms with van der Waals surface area (Å²) in [5, 5.41) is 11.7. The second-order valence-corrected chi connectivity index (χ2v) is 11.1. The number of ether oxygens (including phenoxy) is 3. The highest BCUT2D eigenvalue weighted by atomic mass is 32.1. The number of aromatic nitrogens is 1. The van der Waals surface area contributed by atoms with Crippen LogP contribution in [0.15, 0.2) is 48.0 Å². The Kier molecular flexibility index (Phi) is 7.62. The molecule has 0 spiro atoms. The lowest BCUT2D eigenvalue weighted by Gasteiger charge is -2.24. The Balaban J connectivity index is 1.64. The molecular weight excluding hydrogens is 532 g/mol. The summed E-state index contributed by atoms with van der Waals surface area (Å²) in [6, 6.07) is 10.9. The predicted molar refractivity (Wildman–Crippen MR) is 150 cm³/mol. The third kappa shape index (κ3) is 5.19. The molecule has 2 aliphatic heterocycles. The van der Waals surface area contributed by atoms with Gasteiger partial charge < -0.3 is 19.3 Å². The van der Waals surface area contributed by atoms with Crippen molar-refractivity contribution in [2.45, 2.75) is 40.2 Å². The van der Waals surface area contributed by atoms with E-state index in [2.05, 4.69) is 18.8 Å². The van der Waals surface area contributed by atoms with Gasteiger partial charge in [-0.2, -0.15) is 0 Å². The smallest absolute Gasteiger partial charge is 0.301 e. The van der Waals surface area contributed by atoms with Crippen LogP contribution in [0, 0.1) is 12.8 Å². The minimum absolute atomic E-state index is 0.0989.